The molecule has 3 nitrogen and oxygen atoms in total. The topological polar surface area (TPSA) is 29.9 Å². The molecular weight excluding hydrogens is 334 g/mol. The Labute approximate surface area is 124 Å². The van der Waals surface area contributed by atoms with Crippen molar-refractivity contribution in [1.82, 2.24) is 15.1 Å². The first-order valence-electron chi connectivity index (χ1n) is 5.85. The molecule has 18 heavy (non-hydrogen) atoms. The number of nitrogens with one attached hydrogen (secondary N) is 1. The SMILES string of the molecule is CCNC(c1cc(Br)cs1)c1c(Cl)cnn1CC. The molecule has 0 aliphatic heterocycles. The van der Waals surface area contributed by atoms with Crippen molar-refractivity contribution in [2.24, 2.45) is 0 Å². The Balaban J connectivity index is 2.43. The molecule has 0 aliphatic rings. The van der Waals surface area contributed by atoms with Crippen LogP contribution in [0.15, 0.2) is 22.1 Å². The van der Waals surface area contributed by atoms with E-state index < -0.39 is 0 Å². The van der Waals surface area contributed by atoms with Crippen LogP contribution in [0.3, 0.4) is 0 Å². The maximum atomic E-state index is 6.28. The molecule has 0 fully saturated rings. The van der Waals surface area contributed by atoms with Crippen molar-refractivity contribution < 1.29 is 0 Å². The first kappa shape index (κ1) is 14.1. The van der Waals surface area contributed by atoms with Crippen LogP contribution in [-0.2, 0) is 6.54 Å². The second kappa shape index (κ2) is 6.19. The van der Waals surface area contributed by atoms with E-state index in [1.165, 1.54) is 4.88 Å². The van der Waals surface area contributed by atoms with Crippen LogP contribution in [0.2, 0.25) is 5.02 Å². The Kier molecular flexibility index (Phi) is 4.84. The molecule has 98 valence electrons. The Hall–Kier alpha value is -0.360. The maximum Gasteiger partial charge on any atom is 0.0857 e. The zero-order valence-corrected chi connectivity index (χ0v) is 13.4. The van der Waals surface area contributed by atoms with Gasteiger partial charge in [-0.15, -0.1) is 11.3 Å². The molecule has 0 aliphatic carbocycles. The van der Waals surface area contributed by atoms with Crippen molar-refractivity contribution in [3.05, 3.63) is 37.7 Å². The monoisotopic (exact) mass is 347 g/mol. The number of nitrogens with zero attached hydrogens (tertiary/aromatic N) is 2. The summed E-state index contributed by atoms with van der Waals surface area (Å²) in [7, 11) is 0. The summed E-state index contributed by atoms with van der Waals surface area (Å²) in [6.45, 7) is 5.86. The average molecular weight is 349 g/mol. The molecule has 0 saturated carbocycles. The first-order chi connectivity index (χ1) is 8.67. The van der Waals surface area contributed by atoms with Crippen LogP contribution in [0, 0.1) is 0 Å². The lowest BCUT2D eigenvalue weighted by molar-refractivity contribution is 0.547. The smallest absolute Gasteiger partial charge is 0.0857 e. The molecular formula is C12H15BrClN3S. The van der Waals surface area contributed by atoms with Gasteiger partial charge in [0.05, 0.1) is 23.0 Å². The fraction of sp³-hybridized carbons (Fsp3) is 0.417. The summed E-state index contributed by atoms with van der Waals surface area (Å²) in [5.74, 6) is 0. The Morgan fingerprint density at radius 1 is 1.56 bits per heavy atom. The molecule has 1 unspecified atom stereocenters. The van der Waals surface area contributed by atoms with E-state index in [0.717, 1.165) is 23.3 Å². The fourth-order valence-electron chi connectivity index (χ4n) is 1.93. The van der Waals surface area contributed by atoms with Crippen molar-refractivity contribution >= 4 is 38.9 Å². The lowest BCUT2D eigenvalue weighted by Crippen LogP contribution is -2.24. The Morgan fingerprint density at radius 2 is 2.33 bits per heavy atom. The quantitative estimate of drug-likeness (QED) is 0.882. The summed E-state index contributed by atoms with van der Waals surface area (Å²) < 4.78 is 3.05. The van der Waals surface area contributed by atoms with Crippen molar-refractivity contribution in [2.45, 2.75) is 26.4 Å². The van der Waals surface area contributed by atoms with Crippen LogP contribution in [-0.4, -0.2) is 16.3 Å². The van der Waals surface area contributed by atoms with Gasteiger partial charge in [-0.3, -0.25) is 4.68 Å². The summed E-state index contributed by atoms with van der Waals surface area (Å²) in [4.78, 5) is 1.24. The van der Waals surface area contributed by atoms with Gasteiger partial charge in [0.25, 0.3) is 0 Å². The Bertz CT molecular complexity index is 523. The predicted molar refractivity (Wildman–Crippen MR) is 80.4 cm³/mol. The molecule has 0 bridgehead atoms. The van der Waals surface area contributed by atoms with Gasteiger partial charge in [-0.05, 0) is 35.5 Å². The third-order valence-corrected chi connectivity index (χ3v) is 4.74. The molecule has 6 heteroatoms. The summed E-state index contributed by atoms with van der Waals surface area (Å²) in [5.41, 5.74) is 1.04. The van der Waals surface area contributed by atoms with Crippen LogP contribution in [0.25, 0.3) is 0 Å². The van der Waals surface area contributed by atoms with E-state index in [9.17, 15) is 0 Å². The number of aromatic nitrogens is 2. The van der Waals surface area contributed by atoms with Crippen LogP contribution in [0.1, 0.15) is 30.5 Å². The summed E-state index contributed by atoms with van der Waals surface area (Å²) in [6.07, 6.45) is 1.72. The summed E-state index contributed by atoms with van der Waals surface area (Å²) >= 11 is 11.5. The average Bonchev–Trinajstić information content (AvgIpc) is 2.93. The second-order valence-electron chi connectivity index (χ2n) is 3.85. The zero-order chi connectivity index (χ0) is 13.1. The molecule has 1 atom stereocenters. The van der Waals surface area contributed by atoms with Crippen molar-refractivity contribution in [3.63, 3.8) is 0 Å². The minimum atomic E-state index is 0.0984. The normalized spacial score (nSPS) is 12.9. The van der Waals surface area contributed by atoms with Crippen molar-refractivity contribution in [2.75, 3.05) is 6.54 Å². The van der Waals surface area contributed by atoms with Crippen LogP contribution < -0.4 is 5.32 Å². The third-order valence-electron chi connectivity index (χ3n) is 2.69. The van der Waals surface area contributed by atoms with Gasteiger partial charge >= 0.3 is 0 Å². The second-order valence-corrected chi connectivity index (χ2v) is 6.12. The molecule has 0 amide bonds. The summed E-state index contributed by atoms with van der Waals surface area (Å²) in [5, 5.41) is 10.6. The standard InChI is InChI=1S/C12H15BrClN3S/c1-3-15-11(10-5-8(13)7-18-10)12-9(14)6-16-17(12)4-2/h5-7,11,15H,3-4H2,1-2H3. The molecule has 0 spiro atoms. The van der Waals surface area contributed by atoms with E-state index in [1.54, 1.807) is 17.5 Å². The largest absolute Gasteiger partial charge is 0.305 e. The number of hydrogen-bond acceptors (Lipinski definition) is 3. The molecule has 2 aromatic heterocycles. The van der Waals surface area contributed by atoms with E-state index in [-0.39, 0.29) is 6.04 Å². The van der Waals surface area contributed by atoms with E-state index in [4.69, 9.17) is 11.6 Å². The number of aryl methyl sites for hydroxylation is 1. The number of halogens is 2. The van der Waals surface area contributed by atoms with E-state index in [0.29, 0.717) is 5.02 Å². The minimum Gasteiger partial charge on any atom is -0.305 e. The van der Waals surface area contributed by atoms with Gasteiger partial charge in [-0.1, -0.05) is 18.5 Å². The van der Waals surface area contributed by atoms with Crippen LogP contribution >= 0.6 is 38.9 Å². The van der Waals surface area contributed by atoms with E-state index in [2.05, 4.69) is 51.6 Å². The number of rotatable bonds is 5. The highest BCUT2D eigenvalue weighted by Gasteiger charge is 2.22. The van der Waals surface area contributed by atoms with Crippen LogP contribution in [0.4, 0.5) is 0 Å². The molecule has 2 aromatic rings. The number of thiophene rings is 1. The highest BCUT2D eigenvalue weighted by atomic mass is 79.9. The van der Waals surface area contributed by atoms with Gasteiger partial charge in [0, 0.05) is 21.3 Å². The van der Waals surface area contributed by atoms with Gasteiger partial charge in [0.1, 0.15) is 0 Å². The lowest BCUT2D eigenvalue weighted by atomic mass is 10.1. The predicted octanol–water partition coefficient (Wildman–Crippen LogP) is 4.08. The Morgan fingerprint density at radius 3 is 2.89 bits per heavy atom. The molecule has 2 rings (SSSR count). The molecule has 1 N–H and O–H groups in total. The van der Waals surface area contributed by atoms with E-state index in [1.807, 2.05) is 4.68 Å². The van der Waals surface area contributed by atoms with Crippen LogP contribution in [0.5, 0.6) is 0 Å². The highest BCUT2D eigenvalue weighted by Crippen LogP contribution is 2.33. The highest BCUT2D eigenvalue weighted by molar-refractivity contribution is 9.10. The molecule has 0 aromatic carbocycles. The van der Waals surface area contributed by atoms with Gasteiger partial charge < -0.3 is 5.32 Å². The first-order valence-corrected chi connectivity index (χ1v) is 7.90. The molecule has 0 saturated heterocycles. The van der Waals surface area contributed by atoms with Gasteiger partial charge in [-0.2, -0.15) is 5.10 Å². The van der Waals surface area contributed by atoms with Gasteiger partial charge in [-0.25, -0.2) is 0 Å². The lowest BCUT2D eigenvalue weighted by Gasteiger charge is -2.18. The van der Waals surface area contributed by atoms with E-state index >= 15 is 0 Å². The number of hydrogen-bond donors (Lipinski definition) is 1. The fourth-order valence-corrected chi connectivity index (χ4v) is 3.70. The van der Waals surface area contributed by atoms with Crippen molar-refractivity contribution in [1.29, 1.82) is 0 Å². The third kappa shape index (κ3) is 2.79. The molecule has 0 radical (unpaired) electrons. The van der Waals surface area contributed by atoms with Gasteiger partial charge in [0.15, 0.2) is 0 Å². The molecule has 2 heterocycles. The summed E-state index contributed by atoms with van der Waals surface area (Å²) in [6, 6.07) is 2.22. The minimum absolute atomic E-state index is 0.0984. The van der Waals surface area contributed by atoms with Crippen molar-refractivity contribution in [3.8, 4) is 0 Å². The zero-order valence-electron chi connectivity index (χ0n) is 10.3. The van der Waals surface area contributed by atoms with Gasteiger partial charge in [0.2, 0.25) is 0 Å². The maximum absolute atomic E-state index is 6.28.